The number of aliphatic carboxylic acids is 2. The Bertz CT molecular complexity index is 996. The number of nitrogens with zero attached hydrogens (tertiary/aromatic N) is 2. The number of pyridine rings is 1. The van der Waals surface area contributed by atoms with E-state index in [0.29, 0.717) is 0 Å². The maximum Gasteiger partial charge on any atom is 0.303 e. The molecular weight excluding hydrogens is 480 g/mol. The van der Waals surface area contributed by atoms with E-state index in [1.165, 1.54) is 43.2 Å². The van der Waals surface area contributed by atoms with Crippen LogP contribution in [0.15, 0.2) is 30.5 Å². The van der Waals surface area contributed by atoms with Gasteiger partial charge in [-0.3, -0.25) is 9.59 Å². The second-order valence-corrected chi connectivity index (χ2v) is 9.82. The number of carboxylic acids is 2. The highest BCUT2D eigenvalue weighted by Crippen LogP contribution is 2.37. The van der Waals surface area contributed by atoms with Gasteiger partial charge in [0.25, 0.3) is 0 Å². The lowest BCUT2D eigenvalue weighted by Crippen LogP contribution is -2.18. The minimum Gasteiger partial charge on any atom is -0.481 e. The second-order valence-electron chi connectivity index (χ2n) is 9.42. The molecule has 0 unspecified atom stereocenters. The van der Waals surface area contributed by atoms with E-state index in [4.69, 9.17) is 21.8 Å². The lowest BCUT2D eigenvalue weighted by molar-refractivity contribution is -0.143. The van der Waals surface area contributed by atoms with Gasteiger partial charge in [0.15, 0.2) is 0 Å². The summed E-state index contributed by atoms with van der Waals surface area (Å²) in [5, 5.41) is 23.6. The molecule has 2 heterocycles. The van der Waals surface area contributed by atoms with Crippen molar-refractivity contribution in [1.29, 1.82) is 0 Å². The van der Waals surface area contributed by atoms with Crippen molar-refractivity contribution < 1.29 is 19.8 Å². The molecule has 8 nitrogen and oxygen atoms in total. The first kappa shape index (κ1) is 27.7. The number of benzene rings is 1. The fraction of sp³-hybridized carbons (Fsp3) is 0.519. The van der Waals surface area contributed by atoms with Crippen LogP contribution in [0.5, 0.6) is 0 Å². The van der Waals surface area contributed by atoms with Crippen molar-refractivity contribution in [3.8, 4) is 0 Å². The van der Waals surface area contributed by atoms with Crippen LogP contribution < -0.4 is 15.5 Å². The molecule has 1 fully saturated rings. The van der Waals surface area contributed by atoms with Gasteiger partial charge >= 0.3 is 11.9 Å². The standard InChI is InChI=1S/C23H31ClN4.C4H6O4/c1-28(23-20-12-14-25-13-11-18(20)7-9-21(23)24)19-8-10-22(27-16-19)26-15-17-5-3-2-4-6-17;5-3(6)1-2-4(7)8/h7-10,16-17,25H,2-6,11-15H2,1H3,(H,26,27);1-2H2,(H,5,6)(H,7,8). The molecule has 1 aromatic heterocycles. The third-order valence-corrected chi connectivity index (χ3v) is 7.08. The summed E-state index contributed by atoms with van der Waals surface area (Å²) < 4.78 is 0. The quantitative estimate of drug-likeness (QED) is 0.382. The Hall–Kier alpha value is -2.84. The number of anilines is 3. The number of aromatic nitrogens is 1. The van der Waals surface area contributed by atoms with Gasteiger partial charge in [-0.25, -0.2) is 4.98 Å². The van der Waals surface area contributed by atoms with Crippen molar-refractivity contribution in [2.75, 3.05) is 36.9 Å². The zero-order chi connectivity index (χ0) is 25.9. The predicted molar refractivity (Wildman–Crippen MR) is 144 cm³/mol. The van der Waals surface area contributed by atoms with Crippen LogP contribution in [0, 0.1) is 5.92 Å². The first-order chi connectivity index (χ1) is 17.3. The number of carbonyl (C=O) groups is 2. The summed E-state index contributed by atoms with van der Waals surface area (Å²) in [4.78, 5) is 26.1. The van der Waals surface area contributed by atoms with Crippen LogP contribution in [0.25, 0.3) is 0 Å². The van der Waals surface area contributed by atoms with E-state index >= 15 is 0 Å². The number of carboxylic acid groups (broad SMARTS) is 2. The van der Waals surface area contributed by atoms with Crippen molar-refractivity contribution in [2.24, 2.45) is 5.92 Å². The van der Waals surface area contributed by atoms with E-state index in [1.807, 2.05) is 12.3 Å². The molecule has 1 aliphatic carbocycles. The molecule has 0 atom stereocenters. The van der Waals surface area contributed by atoms with Crippen LogP contribution in [0.4, 0.5) is 17.2 Å². The summed E-state index contributed by atoms with van der Waals surface area (Å²) in [6.45, 7) is 3.06. The Kier molecular flexibility index (Phi) is 10.8. The third-order valence-electron chi connectivity index (χ3n) is 6.77. The van der Waals surface area contributed by atoms with Gasteiger partial charge < -0.3 is 25.7 Å². The van der Waals surface area contributed by atoms with Crippen molar-refractivity contribution in [3.05, 3.63) is 46.6 Å². The minimum atomic E-state index is -1.08. The molecule has 2 aliphatic rings. The Morgan fingerprint density at radius 2 is 1.75 bits per heavy atom. The molecule has 0 amide bonds. The molecule has 0 radical (unpaired) electrons. The Labute approximate surface area is 218 Å². The Morgan fingerprint density at radius 3 is 2.39 bits per heavy atom. The smallest absolute Gasteiger partial charge is 0.303 e. The highest BCUT2D eigenvalue weighted by Gasteiger charge is 2.19. The number of hydrogen-bond acceptors (Lipinski definition) is 6. The average molecular weight is 517 g/mol. The van der Waals surface area contributed by atoms with Gasteiger partial charge in [0, 0.05) is 13.6 Å². The van der Waals surface area contributed by atoms with E-state index in [1.54, 1.807) is 0 Å². The highest BCUT2D eigenvalue weighted by atomic mass is 35.5. The molecule has 1 aromatic carbocycles. The average Bonchev–Trinajstić information content (AvgIpc) is 3.13. The zero-order valence-corrected chi connectivity index (χ0v) is 21.7. The zero-order valence-electron chi connectivity index (χ0n) is 20.9. The van der Waals surface area contributed by atoms with Crippen LogP contribution in [0.1, 0.15) is 56.1 Å². The molecule has 36 heavy (non-hydrogen) atoms. The summed E-state index contributed by atoms with van der Waals surface area (Å²) in [5.41, 5.74) is 4.94. The van der Waals surface area contributed by atoms with Crippen molar-refractivity contribution >= 4 is 40.7 Å². The van der Waals surface area contributed by atoms with Gasteiger partial charge in [-0.05, 0) is 74.0 Å². The number of fused-ring (bicyclic) bond motifs is 1. The molecule has 1 aliphatic heterocycles. The largest absolute Gasteiger partial charge is 0.481 e. The number of rotatable bonds is 8. The molecule has 9 heteroatoms. The van der Waals surface area contributed by atoms with Crippen LogP contribution in [0.2, 0.25) is 5.02 Å². The van der Waals surface area contributed by atoms with E-state index < -0.39 is 11.9 Å². The van der Waals surface area contributed by atoms with Gasteiger partial charge in [0.1, 0.15) is 5.82 Å². The Balaban J connectivity index is 0.000000392. The summed E-state index contributed by atoms with van der Waals surface area (Å²) in [6.07, 6.45) is 10.3. The normalized spacial score (nSPS) is 15.6. The number of nitrogens with one attached hydrogen (secondary N) is 2. The van der Waals surface area contributed by atoms with Gasteiger partial charge in [-0.1, -0.05) is 36.9 Å². The molecule has 0 spiro atoms. The van der Waals surface area contributed by atoms with Gasteiger partial charge in [0.2, 0.25) is 0 Å². The highest BCUT2D eigenvalue weighted by molar-refractivity contribution is 6.33. The molecule has 0 bridgehead atoms. The van der Waals surface area contributed by atoms with E-state index in [2.05, 4.69) is 45.8 Å². The first-order valence-electron chi connectivity index (χ1n) is 12.7. The molecule has 1 saturated carbocycles. The molecule has 0 saturated heterocycles. The molecular formula is C27H37ClN4O4. The van der Waals surface area contributed by atoms with Crippen LogP contribution in [-0.2, 0) is 22.4 Å². The van der Waals surface area contributed by atoms with Crippen molar-refractivity contribution in [3.63, 3.8) is 0 Å². The molecule has 2 aromatic rings. The number of halogens is 1. The molecule has 4 N–H and O–H groups in total. The van der Waals surface area contributed by atoms with Gasteiger partial charge in [-0.2, -0.15) is 0 Å². The topological polar surface area (TPSA) is 115 Å². The minimum absolute atomic E-state index is 0.296. The molecule has 4 rings (SSSR count). The maximum atomic E-state index is 9.64. The van der Waals surface area contributed by atoms with Crippen molar-refractivity contribution in [1.82, 2.24) is 10.3 Å². The van der Waals surface area contributed by atoms with E-state index in [-0.39, 0.29) is 12.8 Å². The predicted octanol–water partition coefficient (Wildman–Crippen LogP) is 5.12. The van der Waals surface area contributed by atoms with Crippen LogP contribution >= 0.6 is 11.6 Å². The summed E-state index contributed by atoms with van der Waals surface area (Å²) in [7, 11) is 2.09. The summed E-state index contributed by atoms with van der Waals surface area (Å²) in [6, 6.07) is 8.44. The van der Waals surface area contributed by atoms with E-state index in [9.17, 15) is 9.59 Å². The molecule has 196 valence electrons. The van der Waals surface area contributed by atoms with Crippen molar-refractivity contribution in [2.45, 2.75) is 57.8 Å². The lowest BCUT2D eigenvalue weighted by Gasteiger charge is -2.25. The Morgan fingerprint density at radius 1 is 1.06 bits per heavy atom. The second kappa shape index (κ2) is 14.0. The van der Waals surface area contributed by atoms with Crippen LogP contribution in [0.3, 0.4) is 0 Å². The van der Waals surface area contributed by atoms with Gasteiger partial charge in [-0.15, -0.1) is 0 Å². The van der Waals surface area contributed by atoms with Gasteiger partial charge in [0.05, 0.1) is 35.4 Å². The monoisotopic (exact) mass is 516 g/mol. The summed E-state index contributed by atoms with van der Waals surface area (Å²) in [5.74, 6) is -0.394. The summed E-state index contributed by atoms with van der Waals surface area (Å²) >= 11 is 6.63. The fourth-order valence-corrected chi connectivity index (χ4v) is 5.06. The van der Waals surface area contributed by atoms with Crippen LogP contribution in [-0.4, -0.2) is 53.8 Å². The fourth-order valence-electron chi connectivity index (χ4n) is 4.76. The van der Waals surface area contributed by atoms with E-state index in [0.717, 1.165) is 60.6 Å². The lowest BCUT2D eigenvalue weighted by atomic mass is 9.89. The SMILES string of the molecule is CN(c1ccc(NCC2CCCCC2)nc1)c1c(Cl)ccc2c1CCNCC2.O=C(O)CCC(=O)O. The maximum absolute atomic E-state index is 9.64. The third kappa shape index (κ3) is 8.38. The first-order valence-corrected chi connectivity index (χ1v) is 13.1. The number of hydrogen-bond donors (Lipinski definition) is 4.